The van der Waals surface area contributed by atoms with Gasteiger partial charge in [0.05, 0.1) is 12.2 Å². The average Bonchev–Trinajstić information content (AvgIpc) is 2.64. The van der Waals surface area contributed by atoms with E-state index < -0.39 is 0 Å². The minimum absolute atomic E-state index is 0. The lowest BCUT2D eigenvalue weighted by Crippen LogP contribution is -2.46. The number of guanidine groups is 1. The third kappa shape index (κ3) is 7.15. The average molecular weight is 488 g/mol. The molecular formula is C19H33IN6O. The van der Waals surface area contributed by atoms with E-state index in [1.54, 1.807) is 11.9 Å². The van der Waals surface area contributed by atoms with E-state index in [9.17, 15) is 4.79 Å². The Morgan fingerprint density at radius 2 is 2.00 bits per heavy atom. The summed E-state index contributed by atoms with van der Waals surface area (Å²) in [5.74, 6) is 2.02. The van der Waals surface area contributed by atoms with Crippen molar-refractivity contribution in [2.75, 3.05) is 40.1 Å². The van der Waals surface area contributed by atoms with Crippen LogP contribution in [0.25, 0.3) is 0 Å². The van der Waals surface area contributed by atoms with Gasteiger partial charge in [-0.15, -0.1) is 24.0 Å². The number of pyridine rings is 1. The highest BCUT2D eigenvalue weighted by Gasteiger charge is 2.28. The lowest BCUT2D eigenvalue weighted by Gasteiger charge is -2.31. The number of nitrogens with zero attached hydrogens (tertiary/aromatic N) is 4. The number of rotatable bonds is 5. The Labute approximate surface area is 180 Å². The van der Waals surface area contributed by atoms with Gasteiger partial charge in [-0.05, 0) is 31.4 Å². The summed E-state index contributed by atoms with van der Waals surface area (Å²) in [6, 6.07) is 6.26. The zero-order valence-corrected chi connectivity index (χ0v) is 19.4. The van der Waals surface area contributed by atoms with E-state index in [0.717, 1.165) is 43.2 Å². The number of aliphatic imine (C=N–C) groups is 1. The predicted octanol–water partition coefficient (Wildman–Crippen LogP) is 2.08. The highest BCUT2D eigenvalue weighted by atomic mass is 127. The fourth-order valence-corrected chi connectivity index (χ4v) is 3.29. The van der Waals surface area contributed by atoms with Crippen molar-refractivity contribution in [2.45, 2.75) is 38.3 Å². The van der Waals surface area contributed by atoms with Crippen LogP contribution in [0.4, 0.5) is 5.82 Å². The molecule has 8 heteroatoms. The third-order valence-electron chi connectivity index (χ3n) is 4.72. The summed E-state index contributed by atoms with van der Waals surface area (Å²) in [5, 5.41) is 6.80. The minimum atomic E-state index is 0. The maximum Gasteiger partial charge on any atom is 0.225 e. The van der Waals surface area contributed by atoms with E-state index in [1.807, 2.05) is 51.3 Å². The second-order valence-corrected chi connectivity index (χ2v) is 7.24. The fourth-order valence-electron chi connectivity index (χ4n) is 3.29. The van der Waals surface area contributed by atoms with Crippen LogP contribution in [0.15, 0.2) is 23.2 Å². The van der Waals surface area contributed by atoms with Crippen LogP contribution in [0.5, 0.6) is 0 Å². The molecule has 0 saturated heterocycles. The topological polar surface area (TPSA) is 72.9 Å². The Bertz CT molecular complexity index is 634. The van der Waals surface area contributed by atoms with Crippen molar-refractivity contribution in [3.05, 3.63) is 23.9 Å². The molecule has 0 aromatic carbocycles. The van der Waals surface area contributed by atoms with Crippen LogP contribution in [0, 0.1) is 5.92 Å². The molecule has 152 valence electrons. The lowest BCUT2D eigenvalue weighted by molar-refractivity contribution is -0.134. The molecular weight excluding hydrogens is 455 g/mol. The highest BCUT2D eigenvalue weighted by molar-refractivity contribution is 14.0. The zero-order valence-electron chi connectivity index (χ0n) is 17.0. The smallest absolute Gasteiger partial charge is 0.225 e. The summed E-state index contributed by atoms with van der Waals surface area (Å²) in [7, 11) is 9.39. The molecule has 27 heavy (non-hydrogen) atoms. The number of hydrogen-bond acceptors (Lipinski definition) is 4. The Hall–Kier alpha value is -1.58. The number of carbonyl (C=O) groups is 1. The molecule has 0 radical (unpaired) electrons. The van der Waals surface area contributed by atoms with Crippen LogP contribution >= 0.6 is 24.0 Å². The number of anilines is 1. The van der Waals surface area contributed by atoms with Crippen LogP contribution < -0.4 is 15.5 Å². The van der Waals surface area contributed by atoms with Crippen molar-refractivity contribution in [1.82, 2.24) is 20.5 Å². The molecule has 1 fully saturated rings. The lowest BCUT2D eigenvalue weighted by atomic mass is 9.85. The van der Waals surface area contributed by atoms with Gasteiger partial charge in [0, 0.05) is 47.2 Å². The van der Waals surface area contributed by atoms with Gasteiger partial charge in [0.1, 0.15) is 5.82 Å². The summed E-state index contributed by atoms with van der Waals surface area (Å²) in [4.78, 5) is 24.9. The van der Waals surface area contributed by atoms with Crippen LogP contribution in [0.1, 0.15) is 31.4 Å². The SMILES string of the molecule is CN=C(NCc1cccc(N(C)C)n1)NC1CCCC(C(=O)N(C)C)C1.I. The summed E-state index contributed by atoms with van der Waals surface area (Å²) in [6.07, 6.45) is 3.95. The van der Waals surface area contributed by atoms with Gasteiger partial charge in [-0.2, -0.15) is 0 Å². The molecule has 1 saturated carbocycles. The Balaban J connectivity index is 0.00000364. The number of nitrogens with one attached hydrogen (secondary N) is 2. The summed E-state index contributed by atoms with van der Waals surface area (Å²) in [5.41, 5.74) is 0.962. The largest absolute Gasteiger partial charge is 0.363 e. The quantitative estimate of drug-likeness (QED) is 0.377. The van der Waals surface area contributed by atoms with Gasteiger partial charge in [0.2, 0.25) is 5.91 Å². The summed E-state index contributed by atoms with van der Waals surface area (Å²) in [6.45, 7) is 0.605. The van der Waals surface area contributed by atoms with Gasteiger partial charge in [-0.25, -0.2) is 4.98 Å². The molecule has 2 N–H and O–H groups in total. The zero-order chi connectivity index (χ0) is 19.1. The van der Waals surface area contributed by atoms with E-state index in [-0.39, 0.29) is 41.8 Å². The molecule has 1 aliphatic carbocycles. The first-order valence-electron chi connectivity index (χ1n) is 9.22. The van der Waals surface area contributed by atoms with Gasteiger partial charge in [0.15, 0.2) is 5.96 Å². The first kappa shape index (κ1) is 23.5. The van der Waals surface area contributed by atoms with Crippen LogP contribution in [0.3, 0.4) is 0 Å². The summed E-state index contributed by atoms with van der Waals surface area (Å²) < 4.78 is 0. The van der Waals surface area contributed by atoms with Gasteiger partial charge < -0.3 is 20.4 Å². The Morgan fingerprint density at radius 1 is 1.26 bits per heavy atom. The maximum atomic E-state index is 12.2. The number of amides is 1. The predicted molar refractivity (Wildman–Crippen MR) is 122 cm³/mol. The van der Waals surface area contributed by atoms with E-state index in [1.165, 1.54) is 0 Å². The fraction of sp³-hybridized carbons (Fsp3) is 0.632. The van der Waals surface area contributed by atoms with E-state index in [4.69, 9.17) is 0 Å². The van der Waals surface area contributed by atoms with Crippen molar-refractivity contribution in [1.29, 1.82) is 0 Å². The standard InChI is InChI=1S/C19H32N6O.HI/c1-20-19(21-13-16-10-7-11-17(22-16)24(2)3)23-15-9-6-8-14(12-15)18(26)25(4)5;/h7,10-11,14-15H,6,8-9,12-13H2,1-5H3,(H2,20,21,23);1H. The molecule has 0 spiro atoms. The third-order valence-corrected chi connectivity index (χ3v) is 4.72. The van der Waals surface area contributed by atoms with Crippen LogP contribution in [-0.4, -0.2) is 63.0 Å². The molecule has 1 amide bonds. The van der Waals surface area contributed by atoms with E-state index in [2.05, 4.69) is 20.6 Å². The first-order chi connectivity index (χ1) is 12.4. The van der Waals surface area contributed by atoms with Gasteiger partial charge in [0.25, 0.3) is 0 Å². The molecule has 1 heterocycles. The number of hydrogen-bond donors (Lipinski definition) is 2. The molecule has 7 nitrogen and oxygen atoms in total. The molecule has 2 rings (SSSR count). The molecule has 2 atom stereocenters. The van der Waals surface area contributed by atoms with Crippen molar-refractivity contribution in [3.8, 4) is 0 Å². The second-order valence-electron chi connectivity index (χ2n) is 7.24. The second kappa shape index (κ2) is 11.3. The van der Waals surface area contributed by atoms with Crippen molar-refractivity contribution >= 4 is 41.7 Å². The minimum Gasteiger partial charge on any atom is -0.363 e. The van der Waals surface area contributed by atoms with E-state index in [0.29, 0.717) is 6.54 Å². The van der Waals surface area contributed by atoms with Gasteiger partial charge in [-0.1, -0.05) is 12.5 Å². The number of aromatic nitrogens is 1. The molecule has 0 bridgehead atoms. The Kier molecular flexibility index (Phi) is 9.82. The molecule has 0 aliphatic heterocycles. The molecule has 1 aliphatic rings. The van der Waals surface area contributed by atoms with Gasteiger partial charge >= 0.3 is 0 Å². The van der Waals surface area contributed by atoms with Crippen LogP contribution in [0.2, 0.25) is 0 Å². The van der Waals surface area contributed by atoms with Gasteiger partial charge in [-0.3, -0.25) is 9.79 Å². The van der Waals surface area contributed by atoms with Crippen molar-refractivity contribution in [2.24, 2.45) is 10.9 Å². The highest BCUT2D eigenvalue weighted by Crippen LogP contribution is 2.25. The van der Waals surface area contributed by atoms with Crippen LogP contribution in [-0.2, 0) is 11.3 Å². The summed E-state index contributed by atoms with van der Waals surface area (Å²) >= 11 is 0. The molecule has 1 aromatic rings. The Morgan fingerprint density at radius 3 is 2.63 bits per heavy atom. The van der Waals surface area contributed by atoms with Crippen molar-refractivity contribution in [3.63, 3.8) is 0 Å². The molecule has 2 unspecified atom stereocenters. The monoisotopic (exact) mass is 488 g/mol. The number of halogens is 1. The van der Waals surface area contributed by atoms with E-state index >= 15 is 0 Å². The number of carbonyl (C=O) groups excluding carboxylic acids is 1. The first-order valence-corrected chi connectivity index (χ1v) is 9.22. The maximum absolute atomic E-state index is 12.2. The normalized spacial score (nSPS) is 19.7. The van der Waals surface area contributed by atoms with Crippen molar-refractivity contribution < 1.29 is 4.79 Å². The molecule has 1 aromatic heterocycles.